The number of aromatic nitrogens is 2. The minimum Gasteiger partial charge on any atom is -0.349 e. The minimum atomic E-state index is 0.298. The second-order valence-electron chi connectivity index (χ2n) is 4.57. The first-order chi connectivity index (χ1) is 8.33. The molecule has 2 aromatic rings. The van der Waals surface area contributed by atoms with Gasteiger partial charge in [-0.2, -0.15) is 0 Å². The van der Waals surface area contributed by atoms with Gasteiger partial charge in [-0.05, 0) is 36.6 Å². The smallest absolute Gasteiger partial charge is 0.167 e. The van der Waals surface area contributed by atoms with E-state index >= 15 is 0 Å². The Morgan fingerprint density at radius 1 is 1.29 bits per heavy atom. The number of Topliss-reactive ketones (excluding diaryl/α,β-unsaturated/α-hetero) is 1. The summed E-state index contributed by atoms with van der Waals surface area (Å²) in [6.07, 6.45) is 9.62. The van der Waals surface area contributed by atoms with E-state index in [1.807, 2.05) is 35.2 Å². The Morgan fingerprint density at radius 2 is 2.06 bits per heavy atom. The van der Waals surface area contributed by atoms with E-state index in [0.29, 0.717) is 11.7 Å². The molecular weight excluding hydrogens is 212 g/mol. The molecule has 0 amide bonds. The summed E-state index contributed by atoms with van der Waals surface area (Å²) in [6, 6.07) is 5.90. The fraction of sp³-hybridized carbons (Fsp3) is 0.286. The Labute approximate surface area is 100 Å². The van der Waals surface area contributed by atoms with Crippen LogP contribution in [0.2, 0.25) is 0 Å². The molecule has 0 unspecified atom stereocenters. The van der Waals surface area contributed by atoms with E-state index in [1.165, 1.54) is 5.56 Å². The molecule has 17 heavy (non-hydrogen) atoms. The van der Waals surface area contributed by atoms with Crippen LogP contribution in [0, 0.1) is 5.92 Å². The molecule has 2 heterocycles. The van der Waals surface area contributed by atoms with E-state index in [-0.39, 0.29) is 0 Å². The van der Waals surface area contributed by atoms with Crippen molar-refractivity contribution in [2.75, 3.05) is 0 Å². The largest absolute Gasteiger partial charge is 0.349 e. The van der Waals surface area contributed by atoms with Gasteiger partial charge in [0.2, 0.25) is 0 Å². The third-order valence-corrected chi connectivity index (χ3v) is 3.10. The van der Waals surface area contributed by atoms with Crippen LogP contribution < -0.4 is 0 Å². The molecule has 1 fully saturated rings. The number of carbonyl (C=O) groups excluding carboxylic acids is 1. The van der Waals surface area contributed by atoms with Gasteiger partial charge in [0, 0.05) is 42.8 Å². The van der Waals surface area contributed by atoms with Crippen LogP contribution in [0.4, 0.5) is 0 Å². The van der Waals surface area contributed by atoms with E-state index in [2.05, 4.69) is 4.98 Å². The fourth-order valence-corrected chi connectivity index (χ4v) is 1.97. The molecule has 3 nitrogen and oxygen atoms in total. The Kier molecular flexibility index (Phi) is 2.52. The number of ketones is 1. The van der Waals surface area contributed by atoms with Gasteiger partial charge >= 0.3 is 0 Å². The molecule has 0 bridgehead atoms. The van der Waals surface area contributed by atoms with E-state index in [1.54, 1.807) is 12.4 Å². The maximum atomic E-state index is 11.8. The molecule has 1 aliphatic carbocycles. The molecule has 2 aromatic heterocycles. The van der Waals surface area contributed by atoms with Crippen molar-refractivity contribution in [2.45, 2.75) is 19.4 Å². The van der Waals surface area contributed by atoms with Crippen LogP contribution in [0.1, 0.15) is 28.8 Å². The minimum absolute atomic E-state index is 0.298. The van der Waals surface area contributed by atoms with Crippen LogP contribution in [0.5, 0.6) is 0 Å². The number of carbonyl (C=O) groups is 1. The monoisotopic (exact) mass is 226 g/mol. The van der Waals surface area contributed by atoms with Gasteiger partial charge in [-0.3, -0.25) is 9.78 Å². The number of rotatable bonds is 4. The molecule has 0 saturated heterocycles. The average Bonchev–Trinajstić information content (AvgIpc) is 3.11. The number of pyridine rings is 1. The Hall–Kier alpha value is -1.90. The summed E-state index contributed by atoms with van der Waals surface area (Å²) < 4.78 is 2.05. The van der Waals surface area contributed by atoms with Gasteiger partial charge in [0.25, 0.3) is 0 Å². The van der Waals surface area contributed by atoms with Crippen molar-refractivity contribution in [2.24, 2.45) is 5.92 Å². The van der Waals surface area contributed by atoms with E-state index in [9.17, 15) is 4.79 Å². The third kappa shape index (κ3) is 2.28. The first kappa shape index (κ1) is 10.3. The van der Waals surface area contributed by atoms with Gasteiger partial charge in [-0.25, -0.2) is 0 Å². The summed E-state index contributed by atoms with van der Waals surface area (Å²) in [5, 5.41) is 0. The first-order valence-electron chi connectivity index (χ1n) is 5.92. The van der Waals surface area contributed by atoms with Crippen molar-refractivity contribution in [3.05, 3.63) is 54.1 Å². The second kappa shape index (κ2) is 4.17. The van der Waals surface area contributed by atoms with Crippen LogP contribution in [0.3, 0.4) is 0 Å². The fourth-order valence-electron chi connectivity index (χ4n) is 1.97. The highest BCUT2D eigenvalue weighted by molar-refractivity contribution is 5.99. The highest BCUT2D eigenvalue weighted by Crippen LogP contribution is 2.32. The van der Waals surface area contributed by atoms with Gasteiger partial charge in [-0.15, -0.1) is 0 Å². The maximum Gasteiger partial charge on any atom is 0.167 e. The topological polar surface area (TPSA) is 34.9 Å². The highest BCUT2D eigenvalue weighted by atomic mass is 16.1. The predicted octanol–water partition coefficient (Wildman–Crippen LogP) is 2.52. The zero-order valence-corrected chi connectivity index (χ0v) is 9.54. The highest BCUT2D eigenvalue weighted by Gasteiger charge is 2.30. The predicted molar refractivity (Wildman–Crippen MR) is 64.8 cm³/mol. The third-order valence-electron chi connectivity index (χ3n) is 3.10. The van der Waals surface area contributed by atoms with E-state index in [4.69, 9.17) is 0 Å². The molecule has 1 aliphatic rings. The van der Waals surface area contributed by atoms with E-state index in [0.717, 1.165) is 24.9 Å². The Morgan fingerprint density at radius 3 is 2.76 bits per heavy atom. The van der Waals surface area contributed by atoms with Crippen LogP contribution in [-0.2, 0) is 6.54 Å². The van der Waals surface area contributed by atoms with Gasteiger partial charge in [-0.1, -0.05) is 0 Å². The van der Waals surface area contributed by atoms with Crippen LogP contribution >= 0.6 is 0 Å². The summed E-state index contributed by atoms with van der Waals surface area (Å²) in [7, 11) is 0. The van der Waals surface area contributed by atoms with Crippen molar-refractivity contribution >= 4 is 5.78 Å². The van der Waals surface area contributed by atoms with Gasteiger partial charge in [0.1, 0.15) is 0 Å². The zero-order chi connectivity index (χ0) is 11.7. The molecule has 0 radical (unpaired) electrons. The van der Waals surface area contributed by atoms with Crippen molar-refractivity contribution in [1.82, 2.24) is 9.55 Å². The Balaban J connectivity index is 1.74. The molecule has 3 heteroatoms. The van der Waals surface area contributed by atoms with Gasteiger partial charge < -0.3 is 4.57 Å². The average molecular weight is 226 g/mol. The molecular formula is C14H14N2O. The normalized spacial score (nSPS) is 14.8. The first-order valence-corrected chi connectivity index (χ1v) is 5.92. The zero-order valence-electron chi connectivity index (χ0n) is 9.54. The van der Waals surface area contributed by atoms with Crippen LogP contribution in [0.25, 0.3) is 0 Å². The van der Waals surface area contributed by atoms with Gasteiger partial charge in [0.05, 0.1) is 0 Å². The second-order valence-corrected chi connectivity index (χ2v) is 4.57. The van der Waals surface area contributed by atoms with Crippen LogP contribution in [-0.4, -0.2) is 15.3 Å². The summed E-state index contributed by atoms with van der Waals surface area (Å²) in [6.45, 7) is 0.792. The Bertz CT molecular complexity index is 526. The summed E-state index contributed by atoms with van der Waals surface area (Å²) in [5.74, 6) is 0.602. The summed E-state index contributed by atoms with van der Waals surface area (Å²) >= 11 is 0. The van der Waals surface area contributed by atoms with Crippen molar-refractivity contribution in [3.8, 4) is 0 Å². The molecule has 0 spiro atoms. The molecule has 0 N–H and O–H groups in total. The lowest BCUT2D eigenvalue weighted by atomic mass is 10.1. The lowest BCUT2D eigenvalue weighted by Gasteiger charge is -2.01. The molecule has 0 atom stereocenters. The van der Waals surface area contributed by atoms with E-state index < -0.39 is 0 Å². The lowest BCUT2D eigenvalue weighted by Crippen LogP contribution is -2.00. The standard InChI is InChI=1S/C14H14N2O/c17-14(12-1-2-12)13-5-8-16(10-13)9-11-3-6-15-7-4-11/h3-8,10,12H,1-2,9H2. The molecule has 3 rings (SSSR count). The number of hydrogen-bond donors (Lipinski definition) is 0. The quantitative estimate of drug-likeness (QED) is 0.751. The van der Waals surface area contributed by atoms with Crippen LogP contribution in [0.15, 0.2) is 43.0 Å². The van der Waals surface area contributed by atoms with Crippen molar-refractivity contribution in [1.29, 1.82) is 0 Å². The van der Waals surface area contributed by atoms with Crippen molar-refractivity contribution < 1.29 is 4.79 Å². The maximum absolute atomic E-state index is 11.8. The summed E-state index contributed by atoms with van der Waals surface area (Å²) in [4.78, 5) is 15.8. The molecule has 86 valence electrons. The SMILES string of the molecule is O=C(c1ccn(Cc2ccncc2)c1)C1CC1. The van der Waals surface area contributed by atoms with Gasteiger partial charge in [0.15, 0.2) is 5.78 Å². The molecule has 0 aliphatic heterocycles. The van der Waals surface area contributed by atoms with Crippen molar-refractivity contribution in [3.63, 3.8) is 0 Å². The molecule has 1 saturated carbocycles. The number of nitrogens with zero attached hydrogens (tertiary/aromatic N) is 2. The summed E-state index contributed by atoms with van der Waals surface area (Å²) in [5.41, 5.74) is 2.04. The number of hydrogen-bond acceptors (Lipinski definition) is 2. The lowest BCUT2D eigenvalue weighted by molar-refractivity contribution is 0.0967. The molecule has 0 aromatic carbocycles.